The van der Waals surface area contributed by atoms with Crippen molar-refractivity contribution in [3.63, 3.8) is 0 Å². The monoisotopic (exact) mass is 348 g/mol. The van der Waals surface area contributed by atoms with E-state index >= 15 is 0 Å². The van der Waals surface area contributed by atoms with Gasteiger partial charge in [-0.25, -0.2) is 9.59 Å². The second kappa shape index (κ2) is 9.57. The van der Waals surface area contributed by atoms with Crippen LogP contribution in [0.5, 0.6) is 0 Å². The van der Waals surface area contributed by atoms with Gasteiger partial charge in [0.1, 0.15) is 12.1 Å². The Labute approximate surface area is 137 Å². The van der Waals surface area contributed by atoms with Crippen molar-refractivity contribution in [1.29, 1.82) is 0 Å². The van der Waals surface area contributed by atoms with Crippen LogP contribution in [0.3, 0.4) is 0 Å². The van der Waals surface area contributed by atoms with Crippen molar-refractivity contribution in [3.05, 3.63) is 0 Å². The molecule has 22 heavy (non-hydrogen) atoms. The molecule has 0 aromatic carbocycles. The first-order chi connectivity index (χ1) is 10.5. The van der Waals surface area contributed by atoms with Crippen LogP contribution >= 0.6 is 23.5 Å². The van der Waals surface area contributed by atoms with Gasteiger partial charge in [0, 0.05) is 0 Å². The molecule has 0 saturated carbocycles. The Bertz CT molecular complexity index is 407. The van der Waals surface area contributed by atoms with E-state index in [4.69, 9.17) is 0 Å². The zero-order valence-electron chi connectivity index (χ0n) is 12.4. The van der Waals surface area contributed by atoms with Crippen molar-refractivity contribution in [1.82, 2.24) is 21.3 Å². The summed E-state index contributed by atoms with van der Waals surface area (Å²) in [7, 11) is 0. The molecule has 2 fully saturated rings. The maximum Gasteiger partial charge on any atom is 0.322 e. The fourth-order valence-corrected chi connectivity index (χ4v) is 2.74. The molecule has 2 aliphatic rings. The summed E-state index contributed by atoms with van der Waals surface area (Å²) in [5, 5.41) is 9.41. The van der Waals surface area contributed by atoms with E-state index in [1.54, 1.807) is 23.5 Å². The number of nitrogens with one attached hydrogen (secondary N) is 4. The SMILES string of the molecule is CSCCC1NC(=O)NC1=O.CSCCC1NC(=O)NC1=O. The molecule has 0 radical (unpaired) electrons. The Balaban J connectivity index is 0.000000220. The molecule has 0 aromatic rings. The Morgan fingerprint density at radius 3 is 1.36 bits per heavy atom. The fraction of sp³-hybridized carbons (Fsp3) is 0.667. The Morgan fingerprint density at radius 1 is 0.773 bits per heavy atom. The van der Waals surface area contributed by atoms with Crippen LogP contribution in [0.25, 0.3) is 0 Å². The summed E-state index contributed by atoms with van der Waals surface area (Å²) in [6.07, 6.45) is 5.35. The maximum absolute atomic E-state index is 10.9. The molecular formula is C12H20N4O4S2. The van der Waals surface area contributed by atoms with Crippen LogP contribution < -0.4 is 21.3 Å². The summed E-state index contributed by atoms with van der Waals surface area (Å²) < 4.78 is 0. The highest BCUT2D eigenvalue weighted by atomic mass is 32.2. The number of hydrogen-bond acceptors (Lipinski definition) is 6. The molecule has 8 nitrogen and oxygen atoms in total. The molecule has 2 aliphatic heterocycles. The number of carbonyl (C=O) groups excluding carboxylic acids is 4. The van der Waals surface area contributed by atoms with Crippen LogP contribution in [0.4, 0.5) is 9.59 Å². The lowest BCUT2D eigenvalue weighted by Crippen LogP contribution is -2.29. The van der Waals surface area contributed by atoms with E-state index in [9.17, 15) is 19.2 Å². The van der Waals surface area contributed by atoms with Crippen LogP contribution in [0.1, 0.15) is 12.8 Å². The van der Waals surface area contributed by atoms with Gasteiger partial charge in [0.15, 0.2) is 0 Å². The zero-order chi connectivity index (χ0) is 16.5. The van der Waals surface area contributed by atoms with E-state index in [2.05, 4.69) is 21.3 Å². The molecule has 0 spiro atoms. The minimum atomic E-state index is -0.374. The number of hydrogen-bond donors (Lipinski definition) is 4. The van der Waals surface area contributed by atoms with Gasteiger partial charge in [0.2, 0.25) is 0 Å². The highest BCUT2D eigenvalue weighted by molar-refractivity contribution is 7.98. The molecule has 0 bridgehead atoms. The average Bonchev–Trinajstić information content (AvgIpc) is 2.96. The van der Waals surface area contributed by atoms with Crippen molar-refractivity contribution >= 4 is 47.4 Å². The number of amides is 6. The van der Waals surface area contributed by atoms with Crippen LogP contribution in [-0.2, 0) is 9.59 Å². The van der Waals surface area contributed by atoms with Gasteiger partial charge < -0.3 is 10.6 Å². The van der Waals surface area contributed by atoms with Crippen molar-refractivity contribution in [3.8, 4) is 0 Å². The van der Waals surface area contributed by atoms with Gasteiger partial charge in [-0.15, -0.1) is 0 Å². The quantitative estimate of drug-likeness (QED) is 0.498. The molecule has 2 rings (SSSR count). The largest absolute Gasteiger partial charge is 0.326 e. The smallest absolute Gasteiger partial charge is 0.322 e. The predicted octanol–water partition coefficient (Wildman–Crippen LogP) is -0.105. The van der Waals surface area contributed by atoms with E-state index in [1.807, 2.05) is 12.5 Å². The van der Waals surface area contributed by atoms with Gasteiger partial charge >= 0.3 is 12.1 Å². The number of imide groups is 2. The molecule has 2 atom stereocenters. The number of rotatable bonds is 6. The van der Waals surface area contributed by atoms with Crippen molar-refractivity contribution < 1.29 is 19.2 Å². The summed E-state index contributed by atoms with van der Waals surface area (Å²) in [6.45, 7) is 0. The van der Waals surface area contributed by atoms with Crippen LogP contribution in [-0.4, -0.2) is 60.0 Å². The van der Waals surface area contributed by atoms with Crippen molar-refractivity contribution in [2.75, 3.05) is 24.0 Å². The zero-order valence-corrected chi connectivity index (χ0v) is 14.1. The predicted molar refractivity (Wildman–Crippen MR) is 86.9 cm³/mol. The summed E-state index contributed by atoms with van der Waals surface area (Å²) in [5.74, 6) is 1.37. The van der Waals surface area contributed by atoms with Crippen LogP contribution in [0, 0.1) is 0 Å². The third-order valence-corrected chi connectivity index (χ3v) is 4.23. The molecule has 10 heteroatoms. The van der Waals surface area contributed by atoms with E-state index < -0.39 is 0 Å². The molecule has 2 heterocycles. The third kappa shape index (κ3) is 6.14. The van der Waals surface area contributed by atoms with Crippen molar-refractivity contribution in [2.45, 2.75) is 24.9 Å². The van der Waals surface area contributed by atoms with E-state index in [-0.39, 0.29) is 36.0 Å². The normalized spacial score (nSPS) is 23.2. The first-order valence-electron chi connectivity index (χ1n) is 6.68. The molecule has 2 unspecified atom stereocenters. The second-order valence-corrected chi connectivity index (χ2v) is 6.56. The summed E-state index contributed by atoms with van der Waals surface area (Å²) in [6, 6.07) is -1.37. The molecule has 2 saturated heterocycles. The first kappa shape index (κ1) is 18.6. The lowest BCUT2D eigenvalue weighted by molar-refractivity contribution is -0.121. The summed E-state index contributed by atoms with van der Waals surface area (Å²) >= 11 is 3.32. The first-order valence-corrected chi connectivity index (χ1v) is 9.47. The minimum absolute atomic E-state index is 0.205. The third-order valence-electron chi connectivity index (χ3n) is 2.94. The van der Waals surface area contributed by atoms with Gasteiger partial charge in [-0.2, -0.15) is 23.5 Å². The Kier molecular flexibility index (Phi) is 8.10. The molecule has 0 aliphatic carbocycles. The number of carbonyl (C=O) groups is 4. The topological polar surface area (TPSA) is 116 Å². The highest BCUT2D eigenvalue weighted by Crippen LogP contribution is 2.04. The lowest BCUT2D eigenvalue weighted by Gasteiger charge is -2.03. The molecule has 4 N–H and O–H groups in total. The highest BCUT2D eigenvalue weighted by Gasteiger charge is 2.29. The summed E-state index contributed by atoms with van der Waals surface area (Å²) in [4.78, 5) is 42.9. The molecule has 0 aromatic heterocycles. The average molecular weight is 348 g/mol. The standard InChI is InChI=1S/2C6H10N2O2S/c2*1-11-3-2-4-5(9)8-6(10)7-4/h2*4H,2-3H2,1H3,(H2,7,8,9,10). The number of thioether (sulfide) groups is 2. The Morgan fingerprint density at radius 2 is 1.14 bits per heavy atom. The van der Waals surface area contributed by atoms with E-state index in [0.29, 0.717) is 12.8 Å². The van der Waals surface area contributed by atoms with E-state index in [1.165, 1.54) is 0 Å². The maximum atomic E-state index is 10.9. The molecular weight excluding hydrogens is 328 g/mol. The van der Waals surface area contributed by atoms with E-state index in [0.717, 1.165) is 11.5 Å². The molecule has 6 amide bonds. The summed E-state index contributed by atoms with van der Waals surface area (Å²) in [5.41, 5.74) is 0. The number of urea groups is 2. The van der Waals surface area contributed by atoms with Gasteiger partial charge in [0.25, 0.3) is 11.8 Å². The molecule has 124 valence electrons. The van der Waals surface area contributed by atoms with Gasteiger partial charge in [-0.1, -0.05) is 0 Å². The fourth-order valence-electron chi connectivity index (χ4n) is 1.80. The van der Waals surface area contributed by atoms with Crippen LogP contribution in [0.15, 0.2) is 0 Å². The van der Waals surface area contributed by atoms with Gasteiger partial charge in [-0.05, 0) is 36.9 Å². The lowest BCUT2D eigenvalue weighted by atomic mass is 10.2. The van der Waals surface area contributed by atoms with Gasteiger partial charge in [-0.3, -0.25) is 20.2 Å². The second-order valence-electron chi connectivity index (χ2n) is 4.59. The van der Waals surface area contributed by atoms with Crippen molar-refractivity contribution in [2.24, 2.45) is 0 Å². The minimum Gasteiger partial charge on any atom is -0.326 e. The van der Waals surface area contributed by atoms with Gasteiger partial charge in [0.05, 0.1) is 0 Å². The van der Waals surface area contributed by atoms with Crippen LogP contribution in [0.2, 0.25) is 0 Å². The Hall–Kier alpha value is -1.42.